The molecule has 136 valence electrons. The zero-order valence-corrected chi connectivity index (χ0v) is 15.4. The molecule has 24 heavy (non-hydrogen) atoms. The Kier molecular flexibility index (Phi) is 4.16. The van der Waals surface area contributed by atoms with Gasteiger partial charge in [-0.15, -0.1) is 0 Å². The number of carbonyl (C=O) groups is 1. The lowest BCUT2D eigenvalue weighted by molar-refractivity contribution is -0.130. The minimum atomic E-state index is -3.13. The number of rotatable bonds is 4. The average molecular weight is 356 g/mol. The molecule has 0 bridgehead atoms. The Morgan fingerprint density at radius 2 is 1.83 bits per heavy atom. The van der Waals surface area contributed by atoms with Crippen molar-refractivity contribution in [2.24, 2.45) is 5.92 Å². The number of sulfonamides is 1. The molecule has 1 atom stereocenters. The maximum Gasteiger partial charge on any atom is 0.222 e. The van der Waals surface area contributed by atoms with Gasteiger partial charge in [-0.1, -0.05) is 0 Å². The van der Waals surface area contributed by atoms with Crippen molar-refractivity contribution < 1.29 is 13.2 Å². The summed E-state index contributed by atoms with van der Waals surface area (Å²) in [6, 6.07) is 0. The monoisotopic (exact) mass is 355 g/mol. The van der Waals surface area contributed by atoms with Crippen LogP contribution in [0.4, 0.5) is 0 Å². The van der Waals surface area contributed by atoms with Crippen LogP contribution in [0.3, 0.4) is 0 Å². The van der Waals surface area contributed by atoms with Gasteiger partial charge in [0.25, 0.3) is 0 Å². The van der Waals surface area contributed by atoms with E-state index in [1.807, 2.05) is 4.90 Å². The van der Waals surface area contributed by atoms with Crippen LogP contribution < -0.4 is 0 Å². The quantitative estimate of drug-likeness (QED) is 0.751. The molecule has 1 amide bonds. The van der Waals surface area contributed by atoms with Crippen molar-refractivity contribution in [3.8, 4) is 0 Å². The first-order valence-electron chi connectivity index (χ1n) is 9.39. The van der Waals surface area contributed by atoms with Crippen LogP contribution in [0, 0.1) is 5.92 Å². The number of nitrogens with zero attached hydrogens (tertiary/aromatic N) is 3. The number of likely N-dealkylation sites (tertiary alicyclic amines) is 1. The molecule has 7 heteroatoms. The van der Waals surface area contributed by atoms with E-state index in [0.29, 0.717) is 25.4 Å². The van der Waals surface area contributed by atoms with Crippen molar-refractivity contribution in [2.75, 3.05) is 39.8 Å². The van der Waals surface area contributed by atoms with Gasteiger partial charge in [-0.3, -0.25) is 9.69 Å². The van der Waals surface area contributed by atoms with Gasteiger partial charge < -0.3 is 4.90 Å². The number of carbonyl (C=O) groups excluding carboxylic acids is 1. The predicted molar refractivity (Wildman–Crippen MR) is 92.0 cm³/mol. The molecule has 2 aliphatic carbocycles. The van der Waals surface area contributed by atoms with Gasteiger partial charge in [-0.05, 0) is 51.5 Å². The number of amides is 1. The summed E-state index contributed by atoms with van der Waals surface area (Å²) in [5.74, 6) is 0.966. The summed E-state index contributed by atoms with van der Waals surface area (Å²) < 4.78 is 27.1. The second kappa shape index (κ2) is 5.95. The first-order valence-corrected chi connectivity index (χ1v) is 10.9. The van der Waals surface area contributed by atoms with E-state index >= 15 is 0 Å². The van der Waals surface area contributed by atoms with Crippen LogP contribution >= 0.6 is 0 Å². The Bertz CT molecular complexity index is 615. The molecule has 0 radical (unpaired) electrons. The molecule has 4 fully saturated rings. The van der Waals surface area contributed by atoms with Gasteiger partial charge in [-0.2, -0.15) is 4.31 Å². The first-order chi connectivity index (χ1) is 11.4. The molecule has 0 unspecified atom stereocenters. The summed E-state index contributed by atoms with van der Waals surface area (Å²) in [5, 5.41) is -0.142. The molecule has 2 saturated heterocycles. The van der Waals surface area contributed by atoms with Crippen LogP contribution in [0.15, 0.2) is 0 Å². The molecule has 2 saturated carbocycles. The second-order valence-electron chi connectivity index (χ2n) is 8.26. The topological polar surface area (TPSA) is 60.9 Å². The Hall–Kier alpha value is -0.660. The van der Waals surface area contributed by atoms with Crippen LogP contribution in [-0.4, -0.2) is 79.0 Å². The second-order valence-corrected chi connectivity index (χ2v) is 10.5. The largest absolute Gasteiger partial charge is 0.342 e. The van der Waals surface area contributed by atoms with E-state index in [4.69, 9.17) is 0 Å². The highest BCUT2D eigenvalue weighted by Gasteiger charge is 2.48. The van der Waals surface area contributed by atoms with Crippen LogP contribution in [0.2, 0.25) is 0 Å². The summed E-state index contributed by atoms with van der Waals surface area (Å²) >= 11 is 0. The van der Waals surface area contributed by atoms with Crippen LogP contribution in [0.25, 0.3) is 0 Å². The Morgan fingerprint density at radius 1 is 1.08 bits per heavy atom. The van der Waals surface area contributed by atoms with Crippen molar-refractivity contribution in [1.29, 1.82) is 0 Å². The molecular formula is C17H29N3O3S. The van der Waals surface area contributed by atoms with Crippen molar-refractivity contribution in [3.63, 3.8) is 0 Å². The van der Waals surface area contributed by atoms with Gasteiger partial charge >= 0.3 is 0 Å². The third-order valence-electron chi connectivity index (χ3n) is 6.45. The number of hydrogen-bond acceptors (Lipinski definition) is 4. The zero-order chi connectivity index (χ0) is 16.9. The fourth-order valence-electron chi connectivity index (χ4n) is 4.26. The molecule has 6 nitrogen and oxygen atoms in total. The van der Waals surface area contributed by atoms with Crippen LogP contribution in [0.1, 0.15) is 44.9 Å². The molecule has 2 heterocycles. The molecule has 4 aliphatic rings. The normalized spacial score (nSPS) is 33.9. The van der Waals surface area contributed by atoms with Crippen molar-refractivity contribution in [2.45, 2.75) is 55.7 Å². The highest BCUT2D eigenvalue weighted by Crippen LogP contribution is 2.38. The van der Waals surface area contributed by atoms with Gasteiger partial charge in [0.1, 0.15) is 0 Å². The summed E-state index contributed by atoms with van der Waals surface area (Å²) in [5.41, 5.74) is -0.172. The third-order valence-corrected chi connectivity index (χ3v) is 8.80. The van der Waals surface area contributed by atoms with Gasteiger partial charge in [0.05, 0.1) is 5.25 Å². The van der Waals surface area contributed by atoms with E-state index in [1.165, 1.54) is 12.8 Å². The lowest BCUT2D eigenvalue weighted by Crippen LogP contribution is -2.62. The summed E-state index contributed by atoms with van der Waals surface area (Å²) in [6.45, 7) is 3.60. The molecule has 0 N–H and O–H groups in total. The van der Waals surface area contributed by atoms with E-state index in [2.05, 4.69) is 11.9 Å². The number of likely N-dealkylation sites (N-methyl/N-ethyl adjacent to an activating group) is 1. The Balaban J connectivity index is 1.50. The highest BCUT2D eigenvalue weighted by molar-refractivity contribution is 7.90. The minimum absolute atomic E-state index is 0.142. The highest BCUT2D eigenvalue weighted by atomic mass is 32.2. The van der Waals surface area contributed by atoms with E-state index in [9.17, 15) is 13.2 Å². The Labute approximate surface area is 145 Å². The Morgan fingerprint density at radius 3 is 2.50 bits per heavy atom. The van der Waals surface area contributed by atoms with Crippen molar-refractivity contribution in [3.05, 3.63) is 0 Å². The summed E-state index contributed by atoms with van der Waals surface area (Å²) in [7, 11) is -1.03. The van der Waals surface area contributed by atoms with Gasteiger partial charge in [0.15, 0.2) is 0 Å². The molecule has 0 aromatic carbocycles. The number of piperazine rings is 1. The lowest BCUT2D eigenvalue weighted by Gasteiger charge is -2.48. The zero-order valence-electron chi connectivity index (χ0n) is 14.6. The molecule has 4 rings (SSSR count). The molecule has 2 aliphatic heterocycles. The van der Waals surface area contributed by atoms with E-state index < -0.39 is 10.0 Å². The van der Waals surface area contributed by atoms with Gasteiger partial charge in [-0.25, -0.2) is 8.42 Å². The molecular weight excluding hydrogens is 326 g/mol. The predicted octanol–water partition coefficient (Wildman–Crippen LogP) is 0.887. The summed E-state index contributed by atoms with van der Waals surface area (Å²) in [6.07, 6.45) is 6.35. The van der Waals surface area contributed by atoms with Crippen LogP contribution in [0.5, 0.6) is 0 Å². The fraction of sp³-hybridized carbons (Fsp3) is 0.941. The van der Waals surface area contributed by atoms with E-state index in [1.54, 1.807) is 4.31 Å². The maximum atomic E-state index is 12.7. The molecule has 0 aromatic rings. The van der Waals surface area contributed by atoms with Gasteiger partial charge in [0, 0.05) is 44.7 Å². The van der Waals surface area contributed by atoms with E-state index in [-0.39, 0.29) is 16.7 Å². The number of hydrogen-bond donors (Lipinski definition) is 0. The SMILES string of the molecule is CN1CCN(S(=O)(=O)C2CC2)C[C@]12CCC(=O)N(CC1CC1)CC2. The maximum absolute atomic E-state index is 12.7. The van der Waals surface area contributed by atoms with Crippen LogP contribution in [-0.2, 0) is 14.8 Å². The van der Waals surface area contributed by atoms with Gasteiger partial charge in [0.2, 0.25) is 15.9 Å². The average Bonchev–Trinajstić information content (AvgIpc) is 3.42. The molecule has 1 spiro atoms. The lowest BCUT2D eigenvalue weighted by atomic mass is 9.87. The van der Waals surface area contributed by atoms with Crippen molar-refractivity contribution >= 4 is 15.9 Å². The summed E-state index contributed by atoms with van der Waals surface area (Å²) in [4.78, 5) is 16.8. The molecule has 0 aromatic heterocycles. The van der Waals surface area contributed by atoms with E-state index in [0.717, 1.165) is 45.3 Å². The van der Waals surface area contributed by atoms with Crippen molar-refractivity contribution in [1.82, 2.24) is 14.1 Å². The smallest absolute Gasteiger partial charge is 0.222 e. The first kappa shape index (κ1) is 16.8. The minimum Gasteiger partial charge on any atom is -0.342 e. The third kappa shape index (κ3) is 3.10. The fourth-order valence-corrected chi connectivity index (χ4v) is 6.17. The standard InChI is InChI=1S/C17H29N3O3S/c1-18-10-11-20(24(22,23)15-4-5-15)13-17(18)7-6-16(21)19(9-8-17)12-14-2-3-14/h14-15H,2-13H2,1H3/t17-/m1/s1.